The quantitative estimate of drug-likeness (QED) is 0.674. The van der Waals surface area contributed by atoms with Crippen LogP contribution in [0.2, 0.25) is 0 Å². The van der Waals surface area contributed by atoms with E-state index in [1.54, 1.807) is 18.2 Å². The fourth-order valence-corrected chi connectivity index (χ4v) is 2.72. The van der Waals surface area contributed by atoms with E-state index >= 15 is 0 Å². The number of carbonyl (C=O) groups excluding carboxylic acids is 1. The number of nitrogens with zero attached hydrogens (tertiary/aromatic N) is 1. The maximum absolute atomic E-state index is 12.3. The molecule has 1 unspecified atom stereocenters. The number of furan rings is 1. The van der Waals surface area contributed by atoms with Crippen molar-refractivity contribution >= 4 is 28.1 Å². The van der Waals surface area contributed by atoms with Crippen molar-refractivity contribution in [1.82, 2.24) is 0 Å². The summed E-state index contributed by atoms with van der Waals surface area (Å²) in [6, 6.07) is 14.8. The molecule has 0 amide bonds. The number of thiophene rings is 1. The Morgan fingerprint density at radius 3 is 2.79 bits per heavy atom. The van der Waals surface area contributed by atoms with Crippen molar-refractivity contribution in [3.05, 3.63) is 58.5 Å². The summed E-state index contributed by atoms with van der Waals surface area (Å²) < 4.78 is 5.51. The van der Waals surface area contributed by atoms with E-state index in [1.807, 2.05) is 35.7 Å². The number of para-hydroxylation sites is 1. The average molecular weight is 267 g/mol. The van der Waals surface area contributed by atoms with Gasteiger partial charge in [-0.1, -0.05) is 24.3 Å². The van der Waals surface area contributed by atoms with Gasteiger partial charge in [-0.15, -0.1) is 11.3 Å². The normalized spacial score (nSPS) is 12.2. The monoisotopic (exact) mass is 267 g/mol. The summed E-state index contributed by atoms with van der Waals surface area (Å²) in [5, 5.41) is 11.9. The lowest BCUT2D eigenvalue weighted by Gasteiger charge is -2.02. The first-order valence-electron chi connectivity index (χ1n) is 5.75. The molecule has 3 rings (SSSR count). The van der Waals surface area contributed by atoms with Crippen LogP contribution in [-0.4, -0.2) is 5.78 Å². The summed E-state index contributed by atoms with van der Waals surface area (Å²) in [5.74, 6) is -0.845. The number of rotatable bonds is 3. The number of Topliss-reactive ketones (excluding diaryl/α,β-unsaturated/α-hetero) is 1. The minimum atomic E-state index is -0.791. The lowest BCUT2D eigenvalue weighted by Crippen LogP contribution is -2.08. The number of fused-ring (bicyclic) bond motifs is 1. The standard InChI is InChI=1S/C15H9NO2S/c16-9-11(14-6-3-7-19-14)15(17)13-8-10-4-1-2-5-12(10)18-13/h1-8,11H. The smallest absolute Gasteiger partial charge is 0.220 e. The van der Waals surface area contributed by atoms with E-state index in [-0.39, 0.29) is 11.5 Å². The molecule has 3 aromatic rings. The van der Waals surface area contributed by atoms with Crippen LogP contribution < -0.4 is 0 Å². The van der Waals surface area contributed by atoms with Crippen LogP contribution >= 0.6 is 11.3 Å². The second-order valence-electron chi connectivity index (χ2n) is 4.09. The molecule has 1 aromatic carbocycles. The summed E-state index contributed by atoms with van der Waals surface area (Å²) in [6.45, 7) is 0. The SMILES string of the molecule is N#CC(C(=O)c1cc2ccccc2o1)c1cccs1. The molecule has 19 heavy (non-hydrogen) atoms. The first-order chi connectivity index (χ1) is 9.29. The van der Waals surface area contributed by atoms with E-state index in [1.165, 1.54) is 11.3 Å². The Morgan fingerprint density at radius 2 is 2.11 bits per heavy atom. The molecule has 0 saturated heterocycles. The third-order valence-corrected chi connectivity index (χ3v) is 3.82. The lowest BCUT2D eigenvalue weighted by atomic mass is 10.0. The van der Waals surface area contributed by atoms with E-state index in [2.05, 4.69) is 0 Å². The molecular formula is C15H9NO2S. The molecule has 0 fully saturated rings. The largest absolute Gasteiger partial charge is 0.453 e. The Morgan fingerprint density at radius 1 is 1.26 bits per heavy atom. The predicted octanol–water partition coefficient (Wildman–Crippen LogP) is 3.98. The summed E-state index contributed by atoms with van der Waals surface area (Å²) in [7, 11) is 0. The molecule has 0 bridgehead atoms. The van der Waals surface area contributed by atoms with Gasteiger partial charge in [-0.2, -0.15) is 5.26 Å². The van der Waals surface area contributed by atoms with Gasteiger partial charge in [-0.3, -0.25) is 4.79 Å². The Kier molecular flexibility index (Phi) is 2.90. The number of ketones is 1. The summed E-state index contributed by atoms with van der Waals surface area (Å²) in [6.07, 6.45) is 0. The van der Waals surface area contributed by atoms with Crippen LogP contribution in [0.5, 0.6) is 0 Å². The minimum Gasteiger partial charge on any atom is -0.453 e. The molecular weight excluding hydrogens is 258 g/mol. The van der Waals surface area contributed by atoms with Crippen molar-refractivity contribution in [2.75, 3.05) is 0 Å². The molecule has 0 saturated carbocycles. The van der Waals surface area contributed by atoms with Gasteiger partial charge in [0.05, 0.1) is 6.07 Å². The molecule has 92 valence electrons. The third-order valence-electron chi connectivity index (χ3n) is 2.89. The topological polar surface area (TPSA) is 54.0 Å². The average Bonchev–Trinajstić information content (AvgIpc) is 3.08. The van der Waals surface area contributed by atoms with Crippen LogP contribution in [0, 0.1) is 11.3 Å². The van der Waals surface area contributed by atoms with Crippen LogP contribution in [0.3, 0.4) is 0 Å². The van der Waals surface area contributed by atoms with E-state index in [9.17, 15) is 10.1 Å². The highest BCUT2D eigenvalue weighted by molar-refractivity contribution is 7.10. The highest BCUT2D eigenvalue weighted by Gasteiger charge is 2.25. The van der Waals surface area contributed by atoms with Crippen molar-refractivity contribution in [2.45, 2.75) is 5.92 Å². The summed E-state index contributed by atoms with van der Waals surface area (Å²) in [5.41, 5.74) is 0.661. The van der Waals surface area contributed by atoms with Gasteiger partial charge in [0.1, 0.15) is 11.5 Å². The lowest BCUT2D eigenvalue weighted by molar-refractivity contribution is 0.0955. The number of carbonyl (C=O) groups is 1. The molecule has 2 aromatic heterocycles. The van der Waals surface area contributed by atoms with E-state index < -0.39 is 5.92 Å². The van der Waals surface area contributed by atoms with Gasteiger partial charge in [-0.25, -0.2) is 0 Å². The van der Waals surface area contributed by atoms with Crippen molar-refractivity contribution in [2.24, 2.45) is 0 Å². The van der Waals surface area contributed by atoms with Crippen LogP contribution in [0.4, 0.5) is 0 Å². The highest BCUT2D eigenvalue weighted by Crippen LogP contribution is 2.27. The molecule has 1 atom stereocenters. The van der Waals surface area contributed by atoms with Crippen molar-refractivity contribution in [3.63, 3.8) is 0 Å². The van der Waals surface area contributed by atoms with E-state index in [0.717, 1.165) is 10.3 Å². The van der Waals surface area contributed by atoms with Gasteiger partial charge in [0.25, 0.3) is 0 Å². The Bertz CT molecular complexity index is 732. The first-order valence-corrected chi connectivity index (χ1v) is 6.63. The maximum atomic E-state index is 12.3. The maximum Gasteiger partial charge on any atom is 0.220 e. The van der Waals surface area contributed by atoms with Gasteiger partial charge in [0.2, 0.25) is 5.78 Å². The predicted molar refractivity (Wildman–Crippen MR) is 73.2 cm³/mol. The molecule has 0 N–H and O–H groups in total. The van der Waals surface area contributed by atoms with Gasteiger partial charge in [-0.05, 0) is 23.6 Å². The minimum absolute atomic E-state index is 0.237. The van der Waals surface area contributed by atoms with Crippen LogP contribution in [0.15, 0.2) is 52.3 Å². The number of nitriles is 1. The zero-order valence-corrected chi connectivity index (χ0v) is 10.7. The van der Waals surface area contributed by atoms with Gasteiger partial charge in [0, 0.05) is 10.3 Å². The number of hydrogen-bond acceptors (Lipinski definition) is 4. The highest BCUT2D eigenvalue weighted by atomic mass is 32.1. The van der Waals surface area contributed by atoms with E-state index in [4.69, 9.17) is 4.42 Å². The molecule has 4 heteroatoms. The van der Waals surface area contributed by atoms with Crippen LogP contribution in [-0.2, 0) is 0 Å². The Labute approximate surface area is 113 Å². The molecule has 3 nitrogen and oxygen atoms in total. The van der Waals surface area contributed by atoms with Crippen LogP contribution in [0.25, 0.3) is 11.0 Å². The fourth-order valence-electron chi connectivity index (χ4n) is 1.95. The van der Waals surface area contributed by atoms with Gasteiger partial charge >= 0.3 is 0 Å². The zero-order chi connectivity index (χ0) is 13.2. The third kappa shape index (κ3) is 2.05. The second kappa shape index (κ2) is 4.71. The number of hydrogen-bond donors (Lipinski definition) is 0. The molecule has 2 heterocycles. The Hall–Kier alpha value is -2.38. The second-order valence-corrected chi connectivity index (χ2v) is 5.07. The summed E-state index contributed by atoms with van der Waals surface area (Å²) >= 11 is 1.40. The fraction of sp³-hybridized carbons (Fsp3) is 0.0667. The summed E-state index contributed by atoms with van der Waals surface area (Å²) in [4.78, 5) is 13.1. The molecule has 0 aliphatic carbocycles. The van der Waals surface area contributed by atoms with Gasteiger partial charge in [0.15, 0.2) is 5.76 Å². The number of benzene rings is 1. The molecule has 0 aliphatic heterocycles. The Balaban J connectivity index is 2.01. The van der Waals surface area contributed by atoms with Crippen molar-refractivity contribution in [1.29, 1.82) is 5.26 Å². The molecule has 0 radical (unpaired) electrons. The first kappa shape index (κ1) is 11.7. The molecule has 0 spiro atoms. The van der Waals surface area contributed by atoms with Crippen molar-refractivity contribution < 1.29 is 9.21 Å². The van der Waals surface area contributed by atoms with Crippen LogP contribution in [0.1, 0.15) is 21.3 Å². The van der Waals surface area contributed by atoms with Crippen molar-refractivity contribution in [3.8, 4) is 6.07 Å². The zero-order valence-electron chi connectivity index (χ0n) is 9.87. The van der Waals surface area contributed by atoms with E-state index in [0.29, 0.717) is 5.58 Å². The van der Waals surface area contributed by atoms with Gasteiger partial charge < -0.3 is 4.42 Å². The molecule has 0 aliphatic rings.